The van der Waals surface area contributed by atoms with Crippen molar-refractivity contribution < 1.29 is 14.3 Å². The van der Waals surface area contributed by atoms with Crippen LogP contribution in [0.25, 0.3) is 0 Å². The molecule has 0 aliphatic carbocycles. The van der Waals surface area contributed by atoms with Crippen LogP contribution in [0.4, 0.5) is 10.6 Å². The van der Waals surface area contributed by atoms with Crippen molar-refractivity contribution in [3.63, 3.8) is 0 Å². The van der Waals surface area contributed by atoms with E-state index in [4.69, 9.17) is 9.47 Å². The molecule has 0 radical (unpaired) electrons. The first-order valence-corrected chi connectivity index (χ1v) is 11.9. The number of urea groups is 1. The van der Waals surface area contributed by atoms with Gasteiger partial charge in [0.05, 0.1) is 32.1 Å². The van der Waals surface area contributed by atoms with E-state index in [1.165, 1.54) is 17.3 Å². The topological polar surface area (TPSA) is 74.3 Å². The number of likely N-dealkylation sites (N-methyl/N-ethyl adjacent to an activating group) is 1. The van der Waals surface area contributed by atoms with Crippen molar-refractivity contribution >= 4 is 23.6 Å². The van der Waals surface area contributed by atoms with Crippen molar-refractivity contribution in [1.82, 2.24) is 23.4 Å². The quantitative estimate of drug-likeness (QED) is 0.622. The maximum Gasteiger partial charge on any atom is 0.320 e. The van der Waals surface area contributed by atoms with Gasteiger partial charge in [0.25, 0.3) is 5.88 Å². The molecule has 2 aliphatic heterocycles. The number of carbonyl (C=O) groups excluding carboxylic acids is 1. The highest BCUT2D eigenvalue weighted by atomic mass is 32.1. The minimum Gasteiger partial charge on any atom is -0.478 e. The van der Waals surface area contributed by atoms with Gasteiger partial charge in [-0.3, -0.25) is 4.90 Å². The molecule has 0 bridgehead atoms. The predicted molar refractivity (Wildman–Crippen MR) is 125 cm³/mol. The third-order valence-corrected chi connectivity index (χ3v) is 6.72. The number of hydrogen-bond donors (Lipinski definition) is 0. The van der Waals surface area contributed by atoms with Gasteiger partial charge in [0.2, 0.25) is 5.82 Å². The average molecular weight is 461 g/mol. The van der Waals surface area contributed by atoms with E-state index in [1.54, 1.807) is 7.11 Å². The van der Waals surface area contributed by atoms with E-state index in [1.807, 2.05) is 22.9 Å². The number of piperazine rings is 1. The zero-order chi connectivity index (χ0) is 22.3. The first-order chi connectivity index (χ1) is 15.7. The van der Waals surface area contributed by atoms with E-state index < -0.39 is 0 Å². The molecule has 10 heteroatoms. The van der Waals surface area contributed by atoms with Crippen LogP contribution in [0.2, 0.25) is 0 Å². The Hall–Kier alpha value is -2.43. The maximum absolute atomic E-state index is 13.2. The lowest BCUT2D eigenvalue weighted by Crippen LogP contribution is -2.55. The second-order valence-electron chi connectivity index (χ2n) is 8.22. The molecule has 2 fully saturated rings. The third-order valence-electron chi connectivity index (χ3n) is 6.22. The number of nitrogens with zero attached hydrogens (tertiary/aromatic N) is 6. The molecule has 2 saturated heterocycles. The Labute approximate surface area is 193 Å². The van der Waals surface area contributed by atoms with Crippen LogP contribution in [-0.4, -0.2) is 109 Å². The molecule has 2 aliphatic rings. The number of benzene rings is 1. The summed E-state index contributed by atoms with van der Waals surface area (Å²) in [5.41, 5.74) is 1.25. The van der Waals surface area contributed by atoms with Gasteiger partial charge in [0, 0.05) is 58.9 Å². The second-order valence-corrected chi connectivity index (χ2v) is 8.75. The zero-order valence-electron chi connectivity index (χ0n) is 18.9. The number of hydrogen-bond acceptors (Lipinski definition) is 8. The number of ether oxygens (including phenoxy) is 2. The molecule has 2 aromatic rings. The van der Waals surface area contributed by atoms with Crippen LogP contribution in [0.1, 0.15) is 5.56 Å². The molecule has 0 saturated carbocycles. The molecular formula is C22H32N6O3S. The van der Waals surface area contributed by atoms with Crippen molar-refractivity contribution in [3.8, 4) is 5.88 Å². The van der Waals surface area contributed by atoms with Crippen molar-refractivity contribution in [1.29, 1.82) is 0 Å². The number of morpholine rings is 1. The highest BCUT2D eigenvalue weighted by molar-refractivity contribution is 6.99. The number of amides is 2. The Bertz CT molecular complexity index is 852. The highest BCUT2D eigenvalue weighted by Gasteiger charge is 2.29. The lowest BCUT2D eigenvalue weighted by molar-refractivity contribution is 0.0399. The average Bonchev–Trinajstić information content (AvgIpc) is 3.33. The molecule has 0 spiro atoms. The van der Waals surface area contributed by atoms with Gasteiger partial charge in [0.1, 0.15) is 0 Å². The molecule has 2 amide bonds. The molecule has 3 heterocycles. The fourth-order valence-electron chi connectivity index (χ4n) is 4.28. The first-order valence-electron chi connectivity index (χ1n) is 11.1. The summed E-state index contributed by atoms with van der Waals surface area (Å²) in [5.74, 6) is 1.43. The summed E-state index contributed by atoms with van der Waals surface area (Å²) in [6.45, 7) is 6.91. The summed E-state index contributed by atoms with van der Waals surface area (Å²) in [7, 11) is 3.57. The van der Waals surface area contributed by atoms with Crippen LogP contribution in [0.3, 0.4) is 0 Å². The zero-order valence-corrected chi connectivity index (χ0v) is 19.7. The molecule has 4 rings (SSSR count). The standard InChI is InChI=1S/C22H32N6O3S/c1-25(22(29)28-12-14-31-15-13-28)19(16-18-6-4-3-5-7-18)17-26-8-10-27(11-9-26)20-21(30-2)24-32-23-20/h3-7,19H,8-17H2,1-2H3/t19-/m1/s1. The number of anilines is 1. The smallest absolute Gasteiger partial charge is 0.320 e. The van der Waals surface area contributed by atoms with Crippen LogP contribution >= 0.6 is 11.7 Å². The van der Waals surface area contributed by atoms with Gasteiger partial charge in [0.15, 0.2) is 0 Å². The van der Waals surface area contributed by atoms with Crippen molar-refractivity contribution in [2.45, 2.75) is 12.5 Å². The van der Waals surface area contributed by atoms with Gasteiger partial charge in [-0.15, -0.1) is 4.37 Å². The van der Waals surface area contributed by atoms with Crippen LogP contribution in [0.15, 0.2) is 30.3 Å². The molecular weight excluding hydrogens is 428 g/mol. The summed E-state index contributed by atoms with van der Waals surface area (Å²) in [6, 6.07) is 10.6. The fraction of sp³-hybridized carbons (Fsp3) is 0.591. The van der Waals surface area contributed by atoms with Crippen molar-refractivity contribution in [2.75, 3.05) is 78.1 Å². The molecule has 1 aromatic heterocycles. The van der Waals surface area contributed by atoms with E-state index in [-0.39, 0.29) is 12.1 Å². The molecule has 0 unspecified atom stereocenters. The highest BCUT2D eigenvalue weighted by Crippen LogP contribution is 2.26. The summed E-state index contributed by atoms with van der Waals surface area (Å²) >= 11 is 1.18. The molecule has 174 valence electrons. The first kappa shape index (κ1) is 22.8. The normalized spacial score (nSPS) is 18.4. The maximum atomic E-state index is 13.2. The van der Waals surface area contributed by atoms with Gasteiger partial charge in [-0.25, -0.2) is 4.79 Å². The summed E-state index contributed by atoms with van der Waals surface area (Å²) in [5, 5.41) is 0. The molecule has 0 N–H and O–H groups in total. The monoisotopic (exact) mass is 460 g/mol. The van der Waals surface area contributed by atoms with E-state index in [0.29, 0.717) is 32.2 Å². The second kappa shape index (κ2) is 10.9. The lowest BCUT2D eigenvalue weighted by Gasteiger charge is -2.40. The van der Waals surface area contributed by atoms with E-state index in [9.17, 15) is 4.79 Å². The van der Waals surface area contributed by atoms with E-state index in [2.05, 4.69) is 42.8 Å². The Morgan fingerprint density at radius 1 is 1.12 bits per heavy atom. The fourth-order valence-corrected chi connectivity index (χ4v) is 4.82. The summed E-state index contributed by atoms with van der Waals surface area (Å²) < 4.78 is 19.4. The Morgan fingerprint density at radius 3 is 2.53 bits per heavy atom. The van der Waals surface area contributed by atoms with Crippen LogP contribution in [0.5, 0.6) is 5.88 Å². The Morgan fingerprint density at radius 2 is 1.84 bits per heavy atom. The summed E-state index contributed by atoms with van der Waals surface area (Å²) in [4.78, 5) is 21.7. The number of aromatic nitrogens is 2. The van der Waals surface area contributed by atoms with Crippen molar-refractivity contribution in [2.24, 2.45) is 0 Å². The molecule has 32 heavy (non-hydrogen) atoms. The van der Waals surface area contributed by atoms with Crippen molar-refractivity contribution in [3.05, 3.63) is 35.9 Å². The molecule has 1 aromatic carbocycles. The van der Waals surface area contributed by atoms with Gasteiger partial charge < -0.3 is 24.2 Å². The Balaban J connectivity index is 1.40. The van der Waals surface area contributed by atoms with Gasteiger partial charge in [-0.05, 0) is 12.0 Å². The minimum absolute atomic E-state index is 0.0890. The van der Waals surface area contributed by atoms with Crippen LogP contribution in [0, 0.1) is 0 Å². The summed E-state index contributed by atoms with van der Waals surface area (Å²) in [6.07, 6.45) is 0.831. The largest absolute Gasteiger partial charge is 0.478 e. The van der Waals surface area contributed by atoms with Crippen LogP contribution < -0.4 is 9.64 Å². The van der Waals surface area contributed by atoms with Gasteiger partial charge >= 0.3 is 6.03 Å². The lowest BCUT2D eigenvalue weighted by atomic mass is 10.0. The SMILES string of the molecule is COc1nsnc1N1CCN(C[C@@H](Cc2ccccc2)N(C)C(=O)N2CCOCC2)CC1. The molecule has 9 nitrogen and oxygen atoms in total. The number of rotatable bonds is 7. The predicted octanol–water partition coefficient (Wildman–Crippen LogP) is 1.66. The van der Waals surface area contributed by atoms with E-state index >= 15 is 0 Å². The minimum atomic E-state index is 0.0890. The number of carbonyl (C=O) groups is 1. The number of methoxy groups -OCH3 is 1. The third kappa shape index (κ3) is 5.48. The van der Waals surface area contributed by atoms with E-state index in [0.717, 1.165) is 45.0 Å². The van der Waals surface area contributed by atoms with Gasteiger partial charge in [-0.1, -0.05) is 30.3 Å². The molecule has 1 atom stereocenters. The van der Waals surface area contributed by atoms with Crippen LogP contribution in [-0.2, 0) is 11.2 Å². The van der Waals surface area contributed by atoms with Gasteiger partial charge in [-0.2, -0.15) is 4.37 Å². The Kier molecular flexibility index (Phi) is 7.77.